The Morgan fingerprint density at radius 3 is 1.43 bits per heavy atom. The van der Waals surface area contributed by atoms with Crippen LogP contribution in [0.2, 0.25) is 10.0 Å². The summed E-state index contributed by atoms with van der Waals surface area (Å²) in [6.45, 7) is 4.41. The van der Waals surface area contributed by atoms with Crippen molar-refractivity contribution in [3.05, 3.63) is 69.2 Å². The number of halogens is 4. The molecule has 4 N–H and O–H groups in total. The van der Waals surface area contributed by atoms with Gasteiger partial charge in [0.15, 0.2) is 0 Å². The topological polar surface area (TPSA) is 95.2 Å². The Labute approximate surface area is 182 Å². The van der Waals surface area contributed by atoms with Crippen molar-refractivity contribution in [3.63, 3.8) is 0 Å². The standard InChI is InChI=1S/2C10H10ClFN2O/c2*1-10(5-15-9(13)14-10)6-2-3-8(12)7(11)4-6/h2*2-4H,5H2,1H3,(H2,13,14)/t10-;/m0./s1. The summed E-state index contributed by atoms with van der Waals surface area (Å²) in [5.74, 6) is -0.889. The summed E-state index contributed by atoms with van der Waals surface area (Å²) in [7, 11) is 0. The SMILES string of the molecule is CC1(c2ccc(F)c(Cl)c2)COC(N)=N1.C[C@@]1(c2ccc(F)c(Cl)c2)COC(N)=N1. The van der Waals surface area contributed by atoms with Crippen molar-refractivity contribution in [2.24, 2.45) is 21.5 Å². The number of aliphatic imine (C=N–C) groups is 2. The average Bonchev–Trinajstić information content (AvgIpc) is 3.22. The largest absolute Gasteiger partial charge is 0.462 e. The summed E-state index contributed by atoms with van der Waals surface area (Å²) >= 11 is 11.4. The van der Waals surface area contributed by atoms with Crippen molar-refractivity contribution in [2.75, 3.05) is 13.2 Å². The Morgan fingerprint density at radius 2 is 1.17 bits per heavy atom. The van der Waals surface area contributed by atoms with Gasteiger partial charge in [0.25, 0.3) is 12.0 Å². The summed E-state index contributed by atoms with van der Waals surface area (Å²) in [5, 5.41) is 0.156. The van der Waals surface area contributed by atoms with E-state index in [2.05, 4.69) is 9.98 Å². The average molecular weight is 457 g/mol. The minimum absolute atomic E-state index is 0.0781. The third-order valence-corrected chi connectivity index (χ3v) is 5.38. The molecule has 2 aliphatic rings. The highest BCUT2D eigenvalue weighted by Crippen LogP contribution is 2.33. The van der Waals surface area contributed by atoms with Gasteiger partial charge >= 0.3 is 0 Å². The second kappa shape index (κ2) is 8.28. The molecule has 0 amide bonds. The molecule has 30 heavy (non-hydrogen) atoms. The molecule has 2 aliphatic heterocycles. The molecule has 0 radical (unpaired) electrons. The van der Waals surface area contributed by atoms with E-state index in [1.54, 1.807) is 24.3 Å². The molecule has 0 saturated heterocycles. The predicted molar refractivity (Wildman–Crippen MR) is 113 cm³/mol. The van der Waals surface area contributed by atoms with Crippen LogP contribution in [-0.2, 0) is 20.6 Å². The number of ether oxygens (including phenoxy) is 2. The zero-order valence-electron chi connectivity index (χ0n) is 16.3. The third kappa shape index (κ3) is 4.60. The van der Waals surface area contributed by atoms with Crippen LogP contribution in [-0.4, -0.2) is 25.3 Å². The van der Waals surface area contributed by atoms with Crippen LogP contribution in [0.15, 0.2) is 46.4 Å². The molecular weight excluding hydrogens is 437 g/mol. The molecule has 0 spiro atoms. The summed E-state index contributed by atoms with van der Waals surface area (Å²) < 4.78 is 36.1. The highest BCUT2D eigenvalue weighted by atomic mass is 35.5. The van der Waals surface area contributed by atoms with E-state index in [0.29, 0.717) is 13.2 Å². The lowest BCUT2D eigenvalue weighted by Gasteiger charge is -2.18. The van der Waals surface area contributed by atoms with E-state index in [9.17, 15) is 8.78 Å². The molecule has 0 fully saturated rings. The molecule has 0 saturated carbocycles. The van der Waals surface area contributed by atoms with Crippen molar-refractivity contribution in [3.8, 4) is 0 Å². The first kappa shape index (κ1) is 22.1. The van der Waals surface area contributed by atoms with Gasteiger partial charge in [0, 0.05) is 0 Å². The van der Waals surface area contributed by atoms with Gasteiger partial charge in [-0.2, -0.15) is 0 Å². The molecule has 2 atom stereocenters. The van der Waals surface area contributed by atoms with Gasteiger partial charge in [-0.25, -0.2) is 18.8 Å². The Kier molecular flexibility index (Phi) is 6.10. The number of amidine groups is 2. The summed E-state index contributed by atoms with van der Waals surface area (Å²) in [6.07, 6.45) is 0. The third-order valence-electron chi connectivity index (χ3n) is 4.80. The fourth-order valence-electron chi connectivity index (χ4n) is 3.00. The second-order valence-electron chi connectivity index (χ2n) is 7.28. The molecule has 2 aromatic carbocycles. The van der Waals surface area contributed by atoms with E-state index >= 15 is 0 Å². The summed E-state index contributed by atoms with van der Waals surface area (Å²) in [6, 6.07) is 9.28. The second-order valence-corrected chi connectivity index (χ2v) is 8.10. The molecule has 2 heterocycles. The van der Waals surface area contributed by atoms with E-state index in [-0.39, 0.29) is 22.1 Å². The molecule has 0 aliphatic carbocycles. The first-order valence-electron chi connectivity index (χ1n) is 8.90. The van der Waals surface area contributed by atoms with Gasteiger partial charge in [0.05, 0.1) is 10.0 Å². The maximum atomic E-state index is 13.0. The molecular formula is C20H20Cl2F2N4O2. The van der Waals surface area contributed by atoms with Gasteiger partial charge < -0.3 is 20.9 Å². The van der Waals surface area contributed by atoms with Gasteiger partial charge in [-0.05, 0) is 49.2 Å². The molecule has 4 rings (SSSR count). The van der Waals surface area contributed by atoms with Crippen LogP contribution in [0.1, 0.15) is 25.0 Å². The highest BCUT2D eigenvalue weighted by molar-refractivity contribution is 6.31. The molecule has 0 bridgehead atoms. The lowest BCUT2D eigenvalue weighted by Crippen LogP contribution is -2.20. The van der Waals surface area contributed by atoms with Crippen molar-refractivity contribution in [1.29, 1.82) is 0 Å². The van der Waals surface area contributed by atoms with Crippen molar-refractivity contribution in [2.45, 2.75) is 24.9 Å². The fraction of sp³-hybridized carbons (Fsp3) is 0.300. The van der Waals surface area contributed by atoms with E-state index in [4.69, 9.17) is 44.1 Å². The van der Waals surface area contributed by atoms with E-state index < -0.39 is 22.7 Å². The summed E-state index contributed by atoms with van der Waals surface area (Å²) in [4.78, 5) is 8.31. The van der Waals surface area contributed by atoms with Crippen LogP contribution in [0.25, 0.3) is 0 Å². The van der Waals surface area contributed by atoms with E-state index in [1.165, 1.54) is 12.1 Å². The van der Waals surface area contributed by atoms with E-state index in [0.717, 1.165) is 11.1 Å². The minimum Gasteiger partial charge on any atom is -0.462 e. The Balaban J connectivity index is 0.000000171. The van der Waals surface area contributed by atoms with Crippen LogP contribution in [0.5, 0.6) is 0 Å². The highest BCUT2D eigenvalue weighted by Gasteiger charge is 2.34. The smallest absolute Gasteiger partial charge is 0.283 e. The monoisotopic (exact) mass is 456 g/mol. The number of hydrogen-bond acceptors (Lipinski definition) is 6. The van der Waals surface area contributed by atoms with Crippen molar-refractivity contribution < 1.29 is 18.3 Å². The van der Waals surface area contributed by atoms with Crippen LogP contribution in [0.4, 0.5) is 8.78 Å². The van der Waals surface area contributed by atoms with Crippen LogP contribution < -0.4 is 11.5 Å². The van der Waals surface area contributed by atoms with Crippen LogP contribution in [0, 0.1) is 11.6 Å². The zero-order valence-corrected chi connectivity index (χ0v) is 17.8. The minimum atomic E-state index is -0.568. The lowest BCUT2D eigenvalue weighted by atomic mass is 9.94. The molecule has 6 nitrogen and oxygen atoms in total. The molecule has 1 unspecified atom stereocenters. The van der Waals surface area contributed by atoms with Crippen molar-refractivity contribution in [1.82, 2.24) is 0 Å². The van der Waals surface area contributed by atoms with Gasteiger partial charge in [0.1, 0.15) is 35.9 Å². The van der Waals surface area contributed by atoms with Gasteiger partial charge in [-0.1, -0.05) is 35.3 Å². The van der Waals surface area contributed by atoms with Crippen LogP contribution in [0.3, 0.4) is 0 Å². The zero-order chi connectivity index (χ0) is 22.1. The number of nitrogens with zero attached hydrogens (tertiary/aromatic N) is 2. The normalized spacial score (nSPS) is 24.9. The summed E-state index contributed by atoms with van der Waals surface area (Å²) in [5.41, 5.74) is 11.3. The lowest BCUT2D eigenvalue weighted by molar-refractivity contribution is 0.266. The van der Waals surface area contributed by atoms with Crippen LogP contribution >= 0.6 is 23.2 Å². The first-order valence-corrected chi connectivity index (χ1v) is 9.65. The number of rotatable bonds is 2. The molecule has 2 aromatic rings. The number of benzene rings is 2. The van der Waals surface area contributed by atoms with Gasteiger partial charge in [-0.3, -0.25) is 0 Å². The number of nitrogens with two attached hydrogens (primary N) is 2. The maximum Gasteiger partial charge on any atom is 0.283 e. The Hall–Kier alpha value is -2.58. The Bertz CT molecular complexity index is 952. The van der Waals surface area contributed by atoms with Gasteiger partial charge in [0.2, 0.25) is 0 Å². The Morgan fingerprint density at radius 1 is 0.800 bits per heavy atom. The first-order chi connectivity index (χ1) is 14.0. The molecule has 0 aromatic heterocycles. The molecule has 10 heteroatoms. The van der Waals surface area contributed by atoms with Gasteiger partial charge in [-0.15, -0.1) is 0 Å². The fourth-order valence-corrected chi connectivity index (χ4v) is 3.36. The quantitative estimate of drug-likeness (QED) is 0.711. The van der Waals surface area contributed by atoms with E-state index in [1.807, 2.05) is 13.8 Å². The maximum absolute atomic E-state index is 13.0. The predicted octanol–water partition coefficient (Wildman–Crippen LogP) is 4.08. The molecule has 160 valence electrons. The number of hydrogen-bond donors (Lipinski definition) is 2. The van der Waals surface area contributed by atoms with Crippen molar-refractivity contribution >= 4 is 35.2 Å².